The molecule has 13 heavy (non-hydrogen) atoms. The van der Waals surface area contributed by atoms with Crippen molar-refractivity contribution < 1.29 is 9.53 Å². The van der Waals surface area contributed by atoms with E-state index in [9.17, 15) is 4.79 Å². The number of likely N-dealkylation sites (N-methyl/N-ethyl adjacent to an activating group) is 1. The highest BCUT2D eigenvalue weighted by molar-refractivity contribution is 6.17. The molecule has 0 radical (unpaired) electrons. The van der Waals surface area contributed by atoms with Gasteiger partial charge in [0, 0.05) is 5.88 Å². The Morgan fingerprint density at radius 2 is 2.46 bits per heavy atom. The van der Waals surface area contributed by atoms with Crippen LogP contribution in [0, 0.1) is 5.92 Å². The van der Waals surface area contributed by atoms with Crippen LogP contribution in [0.25, 0.3) is 0 Å². The molecule has 4 heteroatoms. The molecule has 1 aliphatic rings. The number of hydrogen-bond acceptors (Lipinski definition) is 3. The van der Waals surface area contributed by atoms with Crippen molar-refractivity contribution >= 4 is 17.6 Å². The molecule has 1 aliphatic carbocycles. The van der Waals surface area contributed by atoms with E-state index in [1.165, 1.54) is 0 Å². The lowest BCUT2D eigenvalue weighted by molar-refractivity contribution is -0.147. The highest BCUT2D eigenvalue weighted by Crippen LogP contribution is 2.46. The standard InChI is InChI=1S/C9H16ClNO2/c1-3-13-8(12)9(11-2)6-7(9)4-5-10/h7,11H,3-6H2,1-2H3/t7?,9-/m0/s1. The maximum absolute atomic E-state index is 11.5. The number of halogens is 1. The van der Waals surface area contributed by atoms with Crippen LogP contribution in [-0.4, -0.2) is 31.0 Å². The summed E-state index contributed by atoms with van der Waals surface area (Å²) in [5.74, 6) is 0.828. The van der Waals surface area contributed by atoms with E-state index in [0.717, 1.165) is 12.8 Å². The van der Waals surface area contributed by atoms with E-state index in [2.05, 4.69) is 5.32 Å². The fraction of sp³-hybridized carbons (Fsp3) is 0.889. The Hall–Kier alpha value is -0.280. The lowest BCUT2D eigenvalue weighted by Crippen LogP contribution is -2.40. The molecule has 1 unspecified atom stereocenters. The lowest BCUT2D eigenvalue weighted by Gasteiger charge is -2.14. The first-order valence-electron chi connectivity index (χ1n) is 4.63. The van der Waals surface area contributed by atoms with Crippen molar-refractivity contribution in [1.29, 1.82) is 0 Å². The molecule has 0 aromatic heterocycles. The van der Waals surface area contributed by atoms with Gasteiger partial charge in [0.2, 0.25) is 0 Å². The molecule has 1 fully saturated rings. The number of ether oxygens (including phenoxy) is 1. The monoisotopic (exact) mass is 205 g/mol. The van der Waals surface area contributed by atoms with Gasteiger partial charge in [0.15, 0.2) is 0 Å². The number of esters is 1. The molecule has 0 aromatic carbocycles. The Bertz CT molecular complexity index is 198. The Morgan fingerprint density at radius 3 is 2.92 bits per heavy atom. The smallest absolute Gasteiger partial charge is 0.326 e. The van der Waals surface area contributed by atoms with Gasteiger partial charge in [-0.15, -0.1) is 11.6 Å². The van der Waals surface area contributed by atoms with Gasteiger partial charge >= 0.3 is 5.97 Å². The fourth-order valence-corrected chi connectivity index (χ4v) is 1.99. The number of hydrogen-bond donors (Lipinski definition) is 1. The molecule has 1 rings (SSSR count). The van der Waals surface area contributed by atoms with Crippen LogP contribution >= 0.6 is 11.6 Å². The maximum atomic E-state index is 11.5. The van der Waals surface area contributed by atoms with Crippen LogP contribution in [0.2, 0.25) is 0 Å². The third-order valence-electron chi connectivity index (χ3n) is 2.65. The lowest BCUT2D eigenvalue weighted by atomic mass is 10.2. The fourth-order valence-electron chi connectivity index (χ4n) is 1.73. The van der Waals surface area contributed by atoms with E-state index in [0.29, 0.717) is 18.4 Å². The Balaban J connectivity index is 2.49. The van der Waals surface area contributed by atoms with Crippen LogP contribution in [-0.2, 0) is 9.53 Å². The predicted octanol–water partition coefficient (Wildman–Crippen LogP) is 1.16. The minimum atomic E-state index is -0.426. The number of alkyl halides is 1. The van der Waals surface area contributed by atoms with E-state index in [1.807, 2.05) is 6.92 Å². The average Bonchev–Trinajstić information content (AvgIpc) is 2.81. The Kier molecular flexibility index (Phi) is 3.56. The van der Waals surface area contributed by atoms with Gasteiger partial charge in [-0.25, -0.2) is 0 Å². The molecule has 3 nitrogen and oxygen atoms in total. The van der Waals surface area contributed by atoms with Crippen molar-refractivity contribution in [3.63, 3.8) is 0 Å². The minimum absolute atomic E-state index is 0.132. The molecule has 0 saturated heterocycles. The molecular formula is C9H16ClNO2. The van der Waals surface area contributed by atoms with E-state index < -0.39 is 5.54 Å². The summed E-state index contributed by atoms with van der Waals surface area (Å²) in [6.45, 7) is 2.26. The number of rotatable bonds is 5. The van der Waals surface area contributed by atoms with Crippen molar-refractivity contribution in [2.24, 2.45) is 5.92 Å². The first-order valence-corrected chi connectivity index (χ1v) is 5.16. The molecule has 0 spiro atoms. The predicted molar refractivity (Wildman–Crippen MR) is 51.9 cm³/mol. The van der Waals surface area contributed by atoms with Gasteiger partial charge in [-0.1, -0.05) is 0 Å². The molecule has 2 atom stereocenters. The third-order valence-corrected chi connectivity index (χ3v) is 2.87. The number of carbonyl (C=O) groups is 1. The summed E-state index contributed by atoms with van der Waals surface area (Å²) in [6.07, 6.45) is 1.73. The second-order valence-corrected chi connectivity index (χ2v) is 3.70. The quantitative estimate of drug-likeness (QED) is 0.541. The molecule has 0 aromatic rings. The normalized spacial score (nSPS) is 31.5. The zero-order chi connectivity index (χ0) is 9.90. The van der Waals surface area contributed by atoms with Crippen LogP contribution in [0.4, 0.5) is 0 Å². The van der Waals surface area contributed by atoms with Crippen molar-refractivity contribution in [2.75, 3.05) is 19.5 Å². The highest BCUT2D eigenvalue weighted by atomic mass is 35.5. The number of carbonyl (C=O) groups excluding carboxylic acids is 1. The Labute approximate surface area is 83.8 Å². The van der Waals surface area contributed by atoms with Gasteiger partial charge in [-0.2, -0.15) is 0 Å². The van der Waals surface area contributed by atoms with Crippen molar-refractivity contribution in [1.82, 2.24) is 5.32 Å². The van der Waals surface area contributed by atoms with Gasteiger partial charge in [-0.3, -0.25) is 4.79 Å². The maximum Gasteiger partial charge on any atom is 0.326 e. The molecule has 1 saturated carbocycles. The minimum Gasteiger partial charge on any atom is -0.465 e. The second kappa shape index (κ2) is 4.29. The second-order valence-electron chi connectivity index (χ2n) is 3.32. The summed E-state index contributed by atoms with van der Waals surface area (Å²) >= 11 is 5.62. The zero-order valence-electron chi connectivity index (χ0n) is 8.10. The van der Waals surface area contributed by atoms with Crippen molar-refractivity contribution in [3.05, 3.63) is 0 Å². The van der Waals surface area contributed by atoms with Gasteiger partial charge in [-0.05, 0) is 32.7 Å². The largest absolute Gasteiger partial charge is 0.465 e. The van der Waals surface area contributed by atoms with Crippen LogP contribution in [0.5, 0.6) is 0 Å². The van der Waals surface area contributed by atoms with Crippen molar-refractivity contribution in [3.8, 4) is 0 Å². The van der Waals surface area contributed by atoms with Crippen LogP contribution in [0.3, 0.4) is 0 Å². The summed E-state index contributed by atoms with van der Waals surface area (Å²) in [4.78, 5) is 11.5. The van der Waals surface area contributed by atoms with Crippen LogP contribution < -0.4 is 5.32 Å². The highest BCUT2D eigenvalue weighted by Gasteiger charge is 2.59. The molecular weight excluding hydrogens is 190 g/mol. The molecule has 0 aliphatic heterocycles. The van der Waals surface area contributed by atoms with Gasteiger partial charge < -0.3 is 10.1 Å². The van der Waals surface area contributed by atoms with Crippen molar-refractivity contribution in [2.45, 2.75) is 25.3 Å². The van der Waals surface area contributed by atoms with Gasteiger partial charge in [0.05, 0.1) is 6.61 Å². The third kappa shape index (κ3) is 1.97. The summed E-state index contributed by atoms with van der Waals surface area (Å²) in [6, 6.07) is 0. The molecule has 0 heterocycles. The zero-order valence-corrected chi connectivity index (χ0v) is 8.86. The van der Waals surface area contributed by atoms with Gasteiger partial charge in [0.1, 0.15) is 5.54 Å². The first kappa shape index (κ1) is 10.8. The summed E-state index contributed by atoms with van der Waals surface area (Å²) in [5.41, 5.74) is -0.426. The molecule has 0 bridgehead atoms. The topological polar surface area (TPSA) is 38.3 Å². The van der Waals surface area contributed by atoms with E-state index in [1.54, 1.807) is 7.05 Å². The summed E-state index contributed by atoms with van der Waals surface area (Å²) < 4.78 is 4.99. The average molecular weight is 206 g/mol. The van der Waals surface area contributed by atoms with E-state index in [-0.39, 0.29) is 5.97 Å². The molecule has 76 valence electrons. The first-order chi connectivity index (χ1) is 6.21. The summed E-state index contributed by atoms with van der Waals surface area (Å²) in [7, 11) is 1.80. The summed E-state index contributed by atoms with van der Waals surface area (Å²) in [5, 5.41) is 3.04. The molecule has 0 amide bonds. The van der Waals surface area contributed by atoms with Crippen LogP contribution in [0.15, 0.2) is 0 Å². The SMILES string of the molecule is CCOC(=O)[C@]1(NC)CC1CCCl. The Morgan fingerprint density at radius 1 is 1.77 bits per heavy atom. The van der Waals surface area contributed by atoms with Gasteiger partial charge in [0.25, 0.3) is 0 Å². The van der Waals surface area contributed by atoms with Crippen LogP contribution in [0.1, 0.15) is 19.8 Å². The molecule has 1 N–H and O–H groups in total. The van der Waals surface area contributed by atoms with E-state index in [4.69, 9.17) is 16.3 Å². The number of nitrogens with one attached hydrogen (secondary N) is 1. The van der Waals surface area contributed by atoms with E-state index >= 15 is 0 Å².